The first-order chi connectivity index (χ1) is 17.3. The van der Waals surface area contributed by atoms with E-state index < -0.39 is 10.0 Å². The molecule has 3 aromatic rings. The van der Waals surface area contributed by atoms with Gasteiger partial charge in [-0.15, -0.1) is 0 Å². The Morgan fingerprint density at radius 2 is 1.72 bits per heavy atom. The molecule has 0 spiro atoms. The van der Waals surface area contributed by atoms with Crippen LogP contribution < -0.4 is 10.5 Å². The minimum Gasteiger partial charge on any atom is -0.378 e. The number of nitrogens with one attached hydrogen (secondary N) is 1. The van der Waals surface area contributed by atoms with Gasteiger partial charge in [0, 0.05) is 60.8 Å². The number of pyridine rings is 1. The molecule has 2 aliphatic rings. The average molecular weight is 510 g/mol. The van der Waals surface area contributed by atoms with Crippen LogP contribution in [0.1, 0.15) is 40.7 Å². The highest BCUT2D eigenvalue weighted by molar-refractivity contribution is 7.89. The zero-order chi connectivity index (χ0) is 25.3. The Morgan fingerprint density at radius 1 is 0.972 bits per heavy atom. The SMILES string of the molecule is Cc1cc(=O)[nH]c2ccc(CC(=O)c3cc(S(=O)(=O)N4CCCCC4)ccc3N3CCOCC3)cc12. The van der Waals surface area contributed by atoms with Crippen molar-refractivity contribution >= 4 is 32.4 Å². The van der Waals surface area contributed by atoms with Crippen LogP contribution in [0.2, 0.25) is 0 Å². The summed E-state index contributed by atoms with van der Waals surface area (Å²) >= 11 is 0. The van der Waals surface area contributed by atoms with Gasteiger partial charge in [-0.3, -0.25) is 9.59 Å². The van der Waals surface area contributed by atoms with Crippen molar-refractivity contribution in [3.05, 3.63) is 69.5 Å². The van der Waals surface area contributed by atoms with E-state index in [1.54, 1.807) is 24.3 Å². The molecule has 5 rings (SSSR count). The third-order valence-corrected chi connectivity index (χ3v) is 8.95. The van der Waals surface area contributed by atoms with Crippen molar-refractivity contribution in [3.8, 4) is 0 Å². The number of H-pyrrole nitrogens is 1. The first-order valence-corrected chi connectivity index (χ1v) is 13.9. The maximum atomic E-state index is 13.7. The summed E-state index contributed by atoms with van der Waals surface area (Å²) in [5, 5.41) is 0.884. The molecule has 2 aliphatic heterocycles. The van der Waals surface area contributed by atoms with Gasteiger partial charge in [0.05, 0.1) is 18.1 Å². The van der Waals surface area contributed by atoms with E-state index in [2.05, 4.69) is 9.88 Å². The summed E-state index contributed by atoms with van der Waals surface area (Å²) in [6, 6.07) is 12.1. The summed E-state index contributed by atoms with van der Waals surface area (Å²) in [6.07, 6.45) is 2.86. The number of Topliss-reactive ketones (excluding diaryl/α,β-unsaturated/α-hetero) is 1. The maximum absolute atomic E-state index is 13.7. The van der Waals surface area contributed by atoms with E-state index in [1.165, 1.54) is 4.31 Å². The van der Waals surface area contributed by atoms with Gasteiger partial charge in [-0.05, 0) is 61.2 Å². The lowest BCUT2D eigenvalue weighted by Gasteiger charge is -2.31. The average Bonchev–Trinajstić information content (AvgIpc) is 2.89. The Morgan fingerprint density at radius 3 is 2.47 bits per heavy atom. The quantitative estimate of drug-likeness (QED) is 0.512. The number of nitrogens with zero attached hydrogens (tertiary/aromatic N) is 2. The van der Waals surface area contributed by atoms with Crippen molar-refractivity contribution in [1.29, 1.82) is 0 Å². The van der Waals surface area contributed by atoms with Crippen molar-refractivity contribution in [1.82, 2.24) is 9.29 Å². The van der Waals surface area contributed by atoms with E-state index >= 15 is 0 Å². The number of sulfonamides is 1. The molecule has 9 heteroatoms. The molecule has 0 aliphatic carbocycles. The molecule has 2 saturated heterocycles. The predicted octanol–water partition coefficient (Wildman–Crippen LogP) is 3.27. The van der Waals surface area contributed by atoms with Gasteiger partial charge in [-0.25, -0.2) is 8.42 Å². The molecular weight excluding hydrogens is 478 g/mol. The number of rotatable bonds is 6. The third kappa shape index (κ3) is 4.96. The number of hydrogen-bond acceptors (Lipinski definition) is 6. The number of aromatic nitrogens is 1. The van der Waals surface area contributed by atoms with E-state index in [1.807, 2.05) is 25.1 Å². The van der Waals surface area contributed by atoms with Crippen LogP contribution in [0.4, 0.5) is 5.69 Å². The number of morpholine rings is 1. The molecule has 3 heterocycles. The van der Waals surface area contributed by atoms with E-state index in [0.717, 1.165) is 47.0 Å². The van der Waals surface area contributed by atoms with Crippen molar-refractivity contribution in [2.45, 2.75) is 37.5 Å². The summed E-state index contributed by atoms with van der Waals surface area (Å²) in [7, 11) is -3.67. The monoisotopic (exact) mass is 509 g/mol. The molecule has 8 nitrogen and oxygen atoms in total. The number of ketones is 1. The molecule has 0 unspecified atom stereocenters. The highest BCUT2D eigenvalue weighted by Gasteiger charge is 2.28. The van der Waals surface area contributed by atoms with E-state index in [0.29, 0.717) is 45.0 Å². The minimum atomic E-state index is -3.67. The Balaban J connectivity index is 1.51. The fourth-order valence-electron chi connectivity index (χ4n) is 5.09. The highest BCUT2D eigenvalue weighted by atomic mass is 32.2. The van der Waals surface area contributed by atoms with Crippen molar-refractivity contribution in [2.24, 2.45) is 0 Å². The van der Waals surface area contributed by atoms with Gasteiger partial charge < -0.3 is 14.6 Å². The molecular formula is C27H31N3O5S. The molecule has 1 aromatic heterocycles. The lowest BCUT2D eigenvalue weighted by molar-refractivity contribution is 0.0991. The third-order valence-electron chi connectivity index (χ3n) is 7.05. The number of aryl methyl sites for hydroxylation is 1. The van der Waals surface area contributed by atoms with Crippen molar-refractivity contribution in [3.63, 3.8) is 0 Å². The first kappa shape index (κ1) is 24.7. The summed E-state index contributed by atoms with van der Waals surface area (Å²) in [4.78, 5) is 30.5. The standard InChI is InChI=1S/C27H31N3O5S/c1-19-15-27(32)28-24-7-5-20(16-22(19)24)17-26(31)23-18-21(36(33,34)30-9-3-2-4-10-30)6-8-25(23)29-11-13-35-14-12-29/h5-8,15-16,18H,2-4,9-14,17H2,1H3,(H,28,32). The maximum Gasteiger partial charge on any atom is 0.248 e. The van der Waals surface area contributed by atoms with Crippen LogP contribution >= 0.6 is 0 Å². The fraction of sp³-hybridized carbons (Fsp3) is 0.407. The van der Waals surface area contributed by atoms with Gasteiger partial charge in [0.15, 0.2) is 5.78 Å². The molecule has 36 heavy (non-hydrogen) atoms. The second kappa shape index (κ2) is 10.2. The summed E-state index contributed by atoms with van der Waals surface area (Å²) in [5.74, 6) is -0.145. The molecule has 2 aromatic carbocycles. The Bertz CT molecular complexity index is 1450. The number of hydrogen-bond donors (Lipinski definition) is 1. The summed E-state index contributed by atoms with van der Waals surface area (Å²) in [6.45, 7) is 5.29. The number of aromatic amines is 1. The van der Waals surface area contributed by atoms with Crippen LogP contribution in [0.3, 0.4) is 0 Å². The smallest absolute Gasteiger partial charge is 0.248 e. The zero-order valence-electron chi connectivity index (χ0n) is 20.5. The number of carbonyl (C=O) groups is 1. The number of anilines is 1. The van der Waals surface area contributed by atoms with Crippen LogP contribution in [0.15, 0.2) is 52.2 Å². The topological polar surface area (TPSA) is 99.8 Å². The molecule has 1 N–H and O–H groups in total. The fourth-order valence-corrected chi connectivity index (χ4v) is 6.64. The van der Waals surface area contributed by atoms with Gasteiger partial charge in [0.25, 0.3) is 0 Å². The van der Waals surface area contributed by atoms with Crippen LogP contribution in [0, 0.1) is 6.92 Å². The van der Waals surface area contributed by atoms with Gasteiger partial charge >= 0.3 is 0 Å². The predicted molar refractivity (Wildman–Crippen MR) is 139 cm³/mol. The lowest BCUT2D eigenvalue weighted by atomic mass is 9.98. The minimum absolute atomic E-state index is 0.124. The van der Waals surface area contributed by atoms with Gasteiger partial charge in [0.2, 0.25) is 15.6 Å². The van der Waals surface area contributed by atoms with Crippen LogP contribution in [0.25, 0.3) is 10.9 Å². The van der Waals surface area contributed by atoms with Gasteiger partial charge in [-0.2, -0.15) is 4.31 Å². The Kier molecular flexibility index (Phi) is 6.96. The zero-order valence-corrected chi connectivity index (χ0v) is 21.3. The molecule has 0 radical (unpaired) electrons. The second-order valence-electron chi connectivity index (χ2n) is 9.54. The Hall–Kier alpha value is -3.01. The number of ether oxygens (including phenoxy) is 1. The summed E-state index contributed by atoms with van der Waals surface area (Å²) < 4.78 is 33.8. The van der Waals surface area contributed by atoms with Gasteiger partial charge in [0.1, 0.15) is 0 Å². The molecule has 190 valence electrons. The normalized spacial score (nSPS) is 17.4. The largest absolute Gasteiger partial charge is 0.378 e. The molecule has 0 bridgehead atoms. The number of fused-ring (bicyclic) bond motifs is 1. The highest BCUT2D eigenvalue weighted by Crippen LogP contribution is 2.29. The first-order valence-electron chi connectivity index (χ1n) is 12.5. The van der Waals surface area contributed by atoms with E-state index in [-0.39, 0.29) is 22.7 Å². The summed E-state index contributed by atoms with van der Waals surface area (Å²) in [5.41, 5.74) is 3.35. The van der Waals surface area contributed by atoms with Gasteiger partial charge in [-0.1, -0.05) is 12.5 Å². The van der Waals surface area contributed by atoms with Crippen molar-refractivity contribution < 1.29 is 17.9 Å². The molecule has 2 fully saturated rings. The van der Waals surface area contributed by atoms with E-state index in [4.69, 9.17) is 4.74 Å². The van der Waals surface area contributed by atoms with E-state index in [9.17, 15) is 18.0 Å². The number of benzene rings is 2. The van der Waals surface area contributed by atoms with Crippen LogP contribution in [-0.4, -0.2) is 62.9 Å². The Labute approximate surface area is 210 Å². The number of carbonyl (C=O) groups excluding carboxylic acids is 1. The van der Waals surface area contributed by atoms with Crippen LogP contribution in [0.5, 0.6) is 0 Å². The number of piperidine rings is 1. The molecule has 0 saturated carbocycles. The molecule has 0 atom stereocenters. The van der Waals surface area contributed by atoms with Crippen LogP contribution in [-0.2, 0) is 21.2 Å². The molecule has 0 amide bonds. The van der Waals surface area contributed by atoms with Crippen molar-refractivity contribution in [2.75, 3.05) is 44.3 Å². The second-order valence-corrected chi connectivity index (χ2v) is 11.5. The lowest BCUT2D eigenvalue weighted by Crippen LogP contribution is -2.38.